The van der Waals surface area contributed by atoms with Crippen molar-refractivity contribution in [3.05, 3.63) is 71.6 Å². The predicted octanol–water partition coefficient (Wildman–Crippen LogP) is 5.44. The van der Waals surface area contributed by atoms with Crippen LogP contribution in [0.2, 0.25) is 0 Å². The number of benzene rings is 1. The van der Waals surface area contributed by atoms with Gasteiger partial charge in [-0.15, -0.1) is 0 Å². The SMILES string of the molecule is [2H]C([2H])([2H])Oc1ncnc(C2CC2)c1-c1cc(Cc2ccc(-c3nc(C(F)(F)F)cn3C)cc2)c(OC)cn1. The second-order valence-electron chi connectivity index (χ2n) is 8.63. The molecule has 0 saturated heterocycles. The molecule has 1 fully saturated rings. The zero-order valence-corrected chi connectivity index (χ0v) is 19.5. The fraction of sp³-hybridized carbons (Fsp3) is 0.308. The Morgan fingerprint density at radius 1 is 1.11 bits per heavy atom. The lowest BCUT2D eigenvalue weighted by Crippen LogP contribution is -2.04. The number of pyridine rings is 1. The molecule has 0 radical (unpaired) electrons. The first kappa shape index (κ1) is 20.3. The van der Waals surface area contributed by atoms with Crippen molar-refractivity contribution in [2.45, 2.75) is 31.4 Å². The molecule has 3 aromatic heterocycles. The summed E-state index contributed by atoms with van der Waals surface area (Å²) in [7, 11) is 0.338. The van der Waals surface area contributed by atoms with Crippen LogP contribution in [0.1, 0.15) is 45.4 Å². The van der Waals surface area contributed by atoms with E-state index in [1.807, 2.05) is 0 Å². The first-order valence-corrected chi connectivity index (χ1v) is 11.2. The largest absolute Gasteiger partial charge is 0.495 e. The van der Waals surface area contributed by atoms with Crippen molar-refractivity contribution in [3.63, 3.8) is 0 Å². The molecule has 0 spiro atoms. The van der Waals surface area contributed by atoms with Crippen LogP contribution in [0.4, 0.5) is 13.2 Å². The summed E-state index contributed by atoms with van der Waals surface area (Å²) in [6, 6.07) is 8.83. The van der Waals surface area contributed by atoms with E-state index in [1.165, 1.54) is 25.1 Å². The molecule has 1 aliphatic carbocycles. The maximum absolute atomic E-state index is 13.1. The third-order valence-corrected chi connectivity index (χ3v) is 6.10. The van der Waals surface area contributed by atoms with Gasteiger partial charge in [0, 0.05) is 36.7 Å². The average molecular weight is 499 g/mol. The van der Waals surface area contributed by atoms with Gasteiger partial charge in [-0.3, -0.25) is 4.98 Å². The third kappa shape index (κ3) is 4.62. The Labute approximate surface area is 210 Å². The minimum atomic E-state index is -4.52. The van der Waals surface area contributed by atoms with Gasteiger partial charge in [0.05, 0.1) is 41.4 Å². The number of halogens is 3. The minimum absolute atomic E-state index is 0.0619. The van der Waals surface area contributed by atoms with Gasteiger partial charge in [0.2, 0.25) is 5.88 Å². The molecule has 1 aliphatic rings. The number of methoxy groups -OCH3 is 2. The number of alkyl halides is 3. The van der Waals surface area contributed by atoms with E-state index in [9.17, 15) is 13.2 Å². The average Bonchev–Trinajstić information content (AvgIpc) is 3.64. The Kier molecular flexibility index (Phi) is 5.21. The van der Waals surface area contributed by atoms with Crippen LogP contribution >= 0.6 is 0 Å². The van der Waals surface area contributed by atoms with Gasteiger partial charge >= 0.3 is 6.18 Å². The fourth-order valence-corrected chi connectivity index (χ4v) is 4.17. The molecular formula is C26H24F3N5O2. The number of aryl methyl sites for hydroxylation is 1. The van der Waals surface area contributed by atoms with E-state index in [-0.39, 0.29) is 17.6 Å². The summed E-state index contributed by atoms with van der Waals surface area (Å²) < 4.78 is 73.9. The number of rotatable bonds is 7. The van der Waals surface area contributed by atoms with Crippen molar-refractivity contribution in [2.75, 3.05) is 14.1 Å². The van der Waals surface area contributed by atoms with E-state index >= 15 is 0 Å². The first-order valence-electron chi connectivity index (χ1n) is 12.7. The summed E-state index contributed by atoms with van der Waals surface area (Å²) in [6.45, 7) is 0. The third-order valence-electron chi connectivity index (χ3n) is 6.10. The lowest BCUT2D eigenvalue weighted by atomic mass is 10.00. The van der Waals surface area contributed by atoms with E-state index in [4.69, 9.17) is 13.6 Å². The number of hydrogen-bond donors (Lipinski definition) is 0. The number of hydrogen-bond acceptors (Lipinski definition) is 6. The Morgan fingerprint density at radius 3 is 2.53 bits per heavy atom. The monoisotopic (exact) mass is 498 g/mol. The van der Waals surface area contributed by atoms with Crippen LogP contribution in [-0.2, 0) is 19.6 Å². The van der Waals surface area contributed by atoms with Crippen LogP contribution < -0.4 is 9.47 Å². The normalized spacial score (nSPS) is 15.2. The van der Waals surface area contributed by atoms with Crippen molar-refractivity contribution >= 4 is 0 Å². The van der Waals surface area contributed by atoms with Crippen molar-refractivity contribution < 1.29 is 26.8 Å². The van der Waals surface area contributed by atoms with Crippen LogP contribution in [0, 0.1) is 0 Å². The zero-order valence-electron chi connectivity index (χ0n) is 22.5. The Morgan fingerprint density at radius 2 is 1.89 bits per heavy atom. The molecule has 36 heavy (non-hydrogen) atoms. The smallest absolute Gasteiger partial charge is 0.434 e. The lowest BCUT2D eigenvalue weighted by molar-refractivity contribution is -0.140. The number of imidazole rings is 1. The van der Waals surface area contributed by atoms with Gasteiger partial charge in [0.25, 0.3) is 0 Å². The molecule has 10 heteroatoms. The van der Waals surface area contributed by atoms with E-state index < -0.39 is 18.9 Å². The molecule has 0 aliphatic heterocycles. The number of aromatic nitrogens is 5. The van der Waals surface area contributed by atoms with Gasteiger partial charge in [0.15, 0.2) is 5.69 Å². The molecule has 1 aromatic carbocycles. The molecule has 0 N–H and O–H groups in total. The molecule has 4 aromatic rings. The Balaban J connectivity index is 1.48. The van der Waals surface area contributed by atoms with Gasteiger partial charge in [-0.05, 0) is 24.5 Å². The second kappa shape index (κ2) is 9.25. The minimum Gasteiger partial charge on any atom is -0.495 e. The Bertz CT molecular complexity index is 1500. The highest BCUT2D eigenvalue weighted by molar-refractivity contribution is 5.70. The van der Waals surface area contributed by atoms with Crippen LogP contribution in [0.15, 0.2) is 49.1 Å². The van der Waals surface area contributed by atoms with E-state index in [0.29, 0.717) is 34.7 Å². The summed E-state index contributed by atoms with van der Waals surface area (Å²) in [5.74, 6) is 0.833. The molecule has 3 heterocycles. The topological polar surface area (TPSA) is 75.0 Å². The molecule has 0 unspecified atom stereocenters. The van der Waals surface area contributed by atoms with Gasteiger partial charge < -0.3 is 14.0 Å². The fourth-order valence-electron chi connectivity index (χ4n) is 4.17. The van der Waals surface area contributed by atoms with E-state index in [1.54, 1.807) is 36.5 Å². The van der Waals surface area contributed by atoms with E-state index in [2.05, 4.69) is 19.9 Å². The van der Waals surface area contributed by atoms with E-state index in [0.717, 1.165) is 30.2 Å². The van der Waals surface area contributed by atoms with Crippen molar-refractivity contribution in [1.82, 2.24) is 24.5 Å². The molecule has 1 saturated carbocycles. The summed E-state index contributed by atoms with van der Waals surface area (Å²) >= 11 is 0. The molecular weight excluding hydrogens is 471 g/mol. The quantitative estimate of drug-likeness (QED) is 0.338. The molecule has 5 rings (SSSR count). The highest BCUT2D eigenvalue weighted by Gasteiger charge is 2.34. The molecule has 186 valence electrons. The zero-order chi connectivity index (χ0) is 27.9. The predicted molar refractivity (Wildman–Crippen MR) is 127 cm³/mol. The van der Waals surface area contributed by atoms with Crippen molar-refractivity contribution in [1.29, 1.82) is 0 Å². The van der Waals surface area contributed by atoms with Crippen LogP contribution in [-0.4, -0.2) is 38.7 Å². The number of nitrogens with zero attached hydrogens (tertiary/aromatic N) is 5. The standard InChI is InChI=1S/C26H24F3N5O2/c1-34-13-21(26(27,28)29)33-24(34)17-6-4-15(5-7-17)10-18-11-19(30-12-20(18)35-2)22-23(16-8-9-16)31-14-32-25(22)36-3/h4-7,11-14,16H,8-10H2,1-3H3/i3D3. The summed E-state index contributed by atoms with van der Waals surface area (Å²) in [5, 5.41) is 0. The van der Waals surface area contributed by atoms with Crippen LogP contribution in [0.5, 0.6) is 11.6 Å². The Hall–Kier alpha value is -3.95. The van der Waals surface area contributed by atoms with Gasteiger partial charge in [-0.2, -0.15) is 13.2 Å². The molecule has 0 amide bonds. The number of ether oxygens (including phenoxy) is 2. The van der Waals surface area contributed by atoms with Crippen molar-refractivity contribution in [2.24, 2.45) is 7.05 Å². The van der Waals surface area contributed by atoms with Crippen molar-refractivity contribution in [3.8, 4) is 34.3 Å². The van der Waals surface area contributed by atoms with Crippen LogP contribution in [0.25, 0.3) is 22.6 Å². The summed E-state index contributed by atoms with van der Waals surface area (Å²) in [5.41, 5.74) is 2.80. The molecule has 0 bridgehead atoms. The summed E-state index contributed by atoms with van der Waals surface area (Å²) in [4.78, 5) is 16.7. The van der Waals surface area contributed by atoms with Gasteiger partial charge in [-0.25, -0.2) is 15.0 Å². The second-order valence-corrected chi connectivity index (χ2v) is 8.63. The maximum Gasteiger partial charge on any atom is 0.434 e. The van der Waals surface area contributed by atoms with Crippen LogP contribution in [0.3, 0.4) is 0 Å². The summed E-state index contributed by atoms with van der Waals surface area (Å²) in [6.07, 6.45) is 1.54. The van der Waals surface area contributed by atoms with Gasteiger partial charge in [0.1, 0.15) is 17.9 Å². The highest BCUT2D eigenvalue weighted by Crippen LogP contribution is 2.45. The first-order chi connectivity index (χ1) is 18.4. The highest BCUT2D eigenvalue weighted by atomic mass is 19.4. The molecule has 0 atom stereocenters. The molecule has 7 nitrogen and oxygen atoms in total. The lowest BCUT2D eigenvalue weighted by Gasteiger charge is -2.14. The van der Waals surface area contributed by atoms with Gasteiger partial charge in [-0.1, -0.05) is 24.3 Å². The maximum atomic E-state index is 13.1.